The number of aryl methyl sites for hydroxylation is 1. The first-order chi connectivity index (χ1) is 14.8. The van der Waals surface area contributed by atoms with Gasteiger partial charge in [0.25, 0.3) is 5.91 Å². The number of nitrogens with two attached hydrogens (primary N) is 1. The van der Waals surface area contributed by atoms with Crippen LogP contribution in [0.2, 0.25) is 0 Å². The van der Waals surface area contributed by atoms with Gasteiger partial charge in [0.05, 0.1) is 18.5 Å². The van der Waals surface area contributed by atoms with Crippen molar-refractivity contribution in [3.05, 3.63) is 65.7 Å². The maximum Gasteiger partial charge on any atom is 0.271 e. The number of carbonyl (C=O) groups excluding carboxylic acids is 1. The zero-order valence-electron chi connectivity index (χ0n) is 17.9. The summed E-state index contributed by atoms with van der Waals surface area (Å²) in [6, 6.07) is 12.0. The zero-order chi connectivity index (χ0) is 22.4. The predicted molar refractivity (Wildman–Crippen MR) is 119 cm³/mol. The smallest absolute Gasteiger partial charge is 0.271 e. The van der Waals surface area contributed by atoms with Gasteiger partial charge in [-0.2, -0.15) is 0 Å². The Morgan fingerprint density at radius 1 is 1.23 bits per heavy atom. The first kappa shape index (κ1) is 22.2. The second-order valence-corrected chi connectivity index (χ2v) is 7.44. The fourth-order valence-electron chi connectivity index (χ4n) is 2.91. The molecule has 3 aromatic rings. The van der Waals surface area contributed by atoms with E-state index in [1.807, 2.05) is 38.4 Å². The van der Waals surface area contributed by atoms with Crippen LogP contribution in [0.3, 0.4) is 0 Å². The van der Waals surface area contributed by atoms with E-state index in [0.717, 1.165) is 13.0 Å². The molecule has 1 amide bonds. The third-order valence-electron chi connectivity index (χ3n) is 4.59. The molecule has 0 fully saturated rings. The highest BCUT2D eigenvalue weighted by molar-refractivity contribution is 5.96. The molecule has 0 spiro atoms. The normalized spacial score (nSPS) is 10.9. The number of nitrogens with zero attached hydrogens (tertiary/aromatic N) is 3. The predicted octanol–water partition coefficient (Wildman–Crippen LogP) is 3.76. The molecule has 0 saturated heterocycles. The average molecular weight is 423 g/mol. The molecule has 0 unspecified atom stereocenters. The minimum Gasteiger partial charge on any atom is -0.493 e. The monoisotopic (exact) mass is 423 g/mol. The molecule has 0 atom stereocenters. The van der Waals surface area contributed by atoms with E-state index in [1.165, 1.54) is 12.3 Å². The van der Waals surface area contributed by atoms with Crippen LogP contribution >= 0.6 is 0 Å². The second-order valence-electron chi connectivity index (χ2n) is 7.44. The lowest BCUT2D eigenvalue weighted by Gasteiger charge is -2.13. The number of ether oxygens (including phenoxy) is 1. The summed E-state index contributed by atoms with van der Waals surface area (Å²) in [4.78, 5) is 22.7. The van der Waals surface area contributed by atoms with Crippen LogP contribution in [0.4, 0.5) is 15.9 Å². The van der Waals surface area contributed by atoms with Crippen molar-refractivity contribution < 1.29 is 13.9 Å². The molecule has 0 radical (unpaired) electrons. The molecule has 2 aromatic carbocycles. The van der Waals surface area contributed by atoms with Gasteiger partial charge < -0.3 is 20.7 Å². The number of hydrogen-bond acceptors (Lipinski definition) is 6. The standard InChI is InChI=1S/C23H26FN5O2/c1-15-8-9-16(12-19(15)24)20-14-26-23(21(28-20)22(25)30)27-17-6-4-7-18(13-17)31-11-5-10-29(2)3/h4,6-9,12-14H,5,10-11H2,1-3H3,(H2,25,30)(H,26,27). The van der Waals surface area contributed by atoms with Gasteiger partial charge >= 0.3 is 0 Å². The summed E-state index contributed by atoms with van der Waals surface area (Å²) in [6.45, 7) is 3.20. The van der Waals surface area contributed by atoms with Gasteiger partial charge in [0.1, 0.15) is 11.6 Å². The lowest BCUT2D eigenvalue weighted by molar-refractivity contribution is 0.0996. The molecular weight excluding hydrogens is 397 g/mol. The molecular formula is C23H26FN5O2. The quantitative estimate of drug-likeness (QED) is 0.509. The number of primary amides is 1. The Morgan fingerprint density at radius 2 is 2.03 bits per heavy atom. The Labute approximate surface area is 181 Å². The van der Waals surface area contributed by atoms with Crippen molar-refractivity contribution in [3.8, 4) is 17.0 Å². The van der Waals surface area contributed by atoms with Gasteiger partial charge in [0.15, 0.2) is 11.5 Å². The first-order valence-corrected chi connectivity index (χ1v) is 9.91. The summed E-state index contributed by atoms with van der Waals surface area (Å²) < 4.78 is 19.7. The van der Waals surface area contributed by atoms with Gasteiger partial charge in [0.2, 0.25) is 0 Å². The molecule has 1 heterocycles. The minimum atomic E-state index is -0.736. The van der Waals surface area contributed by atoms with Gasteiger partial charge in [-0.3, -0.25) is 4.79 Å². The number of benzene rings is 2. The van der Waals surface area contributed by atoms with Crippen LogP contribution in [0.1, 0.15) is 22.5 Å². The van der Waals surface area contributed by atoms with Crippen molar-refractivity contribution in [1.82, 2.24) is 14.9 Å². The minimum absolute atomic E-state index is 0.0317. The fourth-order valence-corrected chi connectivity index (χ4v) is 2.91. The lowest BCUT2D eigenvalue weighted by atomic mass is 10.1. The summed E-state index contributed by atoms with van der Waals surface area (Å²) in [7, 11) is 4.03. The van der Waals surface area contributed by atoms with E-state index < -0.39 is 5.91 Å². The Balaban J connectivity index is 1.79. The van der Waals surface area contributed by atoms with E-state index in [4.69, 9.17) is 10.5 Å². The number of hydrogen-bond donors (Lipinski definition) is 2. The summed E-state index contributed by atoms with van der Waals surface area (Å²) in [5, 5.41) is 3.07. The Morgan fingerprint density at radius 3 is 2.74 bits per heavy atom. The van der Waals surface area contributed by atoms with E-state index in [1.54, 1.807) is 19.1 Å². The Kier molecular flexibility index (Phi) is 7.15. The van der Waals surface area contributed by atoms with E-state index in [0.29, 0.717) is 34.9 Å². The van der Waals surface area contributed by atoms with Crippen LogP contribution in [-0.2, 0) is 0 Å². The van der Waals surface area contributed by atoms with Crippen LogP contribution in [0.5, 0.6) is 5.75 Å². The van der Waals surface area contributed by atoms with Crippen molar-refractivity contribution in [1.29, 1.82) is 0 Å². The topological polar surface area (TPSA) is 93.4 Å². The van der Waals surface area contributed by atoms with Crippen LogP contribution in [0.15, 0.2) is 48.7 Å². The molecule has 162 valence electrons. The largest absolute Gasteiger partial charge is 0.493 e. The maximum absolute atomic E-state index is 13.9. The van der Waals surface area contributed by atoms with E-state index in [9.17, 15) is 9.18 Å². The Hall–Kier alpha value is -3.52. The van der Waals surface area contributed by atoms with Crippen LogP contribution in [-0.4, -0.2) is 48.0 Å². The summed E-state index contributed by atoms with van der Waals surface area (Å²) in [5.41, 5.74) is 7.56. The van der Waals surface area contributed by atoms with Crippen molar-refractivity contribution in [2.75, 3.05) is 32.6 Å². The molecule has 31 heavy (non-hydrogen) atoms. The van der Waals surface area contributed by atoms with Gasteiger partial charge in [0, 0.05) is 23.9 Å². The maximum atomic E-state index is 13.9. The second kappa shape index (κ2) is 9.99. The number of aromatic nitrogens is 2. The third kappa shape index (κ3) is 5.99. The number of amides is 1. The molecule has 0 aliphatic heterocycles. The lowest BCUT2D eigenvalue weighted by Crippen LogP contribution is -2.17. The van der Waals surface area contributed by atoms with E-state index in [-0.39, 0.29) is 17.3 Å². The number of carbonyl (C=O) groups is 1. The molecule has 3 rings (SSSR count). The van der Waals surface area contributed by atoms with Crippen LogP contribution in [0.25, 0.3) is 11.3 Å². The summed E-state index contributed by atoms with van der Waals surface area (Å²) in [6.07, 6.45) is 2.38. The number of anilines is 2. The number of nitrogens with one attached hydrogen (secondary N) is 1. The van der Waals surface area contributed by atoms with Gasteiger partial charge in [-0.05, 0) is 51.2 Å². The SMILES string of the molecule is Cc1ccc(-c2cnc(Nc3cccc(OCCCN(C)C)c3)c(C(N)=O)n2)cc1F. The molecule has 0 bridgehead atoms. The van der Waals surface area contributed by atoms with Crippen molar-refractivity contribution in [3.63, 3.8) is 0 Å². The Bertz CT molecular complexity index is 1070. The molecule has 7 nitrogen and oxygen atoms in total. The van der Waals surface area contributed by atoms with Crippen molar-refractivity contribution in [2.45, 2.75) is 13.3 Å². The number of rotatable bonds is 9. The van der Waals surface area contributed by atoms with Crippen LogP contribution < -0.4 is 15.8 Å². The zero-order valence-corrected chi connectivity index (χ0v) is 17.9. The highest BCUT2D eigenvalue weighted by Crippen LogP contribution is 2.25. The average Bonchev–Trinajstić information content (AvgIpc) is 2.73. The molecule has 3 N–H and O–H groups in total. The van der Waals surface area contributed by atoms with Gasteiger partial charge in [-0.15, -0.1) is 0 Å². The number of halogens is 1. The fraction of sp³-hybridized carbons (Fsp3) is 0.261. The molecule has 0 aliphatic rings. The third-order valence-corrected chi connectivity index (χ3v) is 4.59. The van der Waals surface area contributed by atoms with Gasteiger partial charge in [-0.25, -0.2) is 14.4 Å². The van der Waals surface area contributed by atoms with Crippen molar-refractivity contribution in [2.24, 2.45) is 5.73 Å². The summed E-state index contributed by atoms with van der Waals surface area (Å²) in [5.74, 6) is -0.178. The highest BCUT2D eigenvalue weighted by Gasteiger charge is 2.15. The van der Waals surface area contributed by atoms with Gasteiger partial charge in [-0.1, -0.05) is 18.2 Å². The van der Waals surface area contributed by atoms with Crippen LogP contribution in [0, 0.1) is 12.7 Å². The molecule has 0 saturated carbocycles. The molecule has 1 aromatic heterocycles. The van der Waals surface area contributed by atoms with E-state index >= 15 is 0 Å². The van der Waals surface area contributed by atoms with E-state index in [2.05, 4.69) is 20.2 Å². The highest BCUT2D eigenvalue weighted by atomic mass is 19.1. The summed E-state index contributed by atoms with van der Waals surface area (Å²) >= 11 is 0. The molecule has 8 heteroatoms. The van der Waals surface area contributed by atoms with Crippen molar-refractivity contribution >= 4 is 17.4 Å². The molecule has 0 aliphatic carbocycles. The first-order valence-electron chi connectivity index (χ1n) is 9.91.